The van der Waals surface area contributed by atoms with Crippen LogP contribution in [0.15, 0.2) is 91.0 Å². The van der Waals surface area contributed by atoms with Gasteiger partial charge in [-0.1, -0.05) is 122 Å². The summed E-state index contributed by atoms with van der Waals surface area (Å²) < 4.78 is 0. The van der Waals surface area contributed by atoms with E-state index in [1.807, 2.05) is 30.3 Å². The van der Waals surface area contributed by atoms with E-state index < -0.39 is 8.07 Å². The molecule has 148 valence electrons. The molecule has 2 atom stereocenters. The number of carbonyl (C=O) groups is 1. The van der Waals surface area contributed by atoms with Crippen LogP contribution in [-0.4, -0.2) is 13.9 Å². The van der Waals surface area contributed by atoms with Gasteiger partial charge in [0, 0.05) is 11.5 Å². The number of rotatable bonds is 6. The van der Waals surface area contributed by atoms with Crippen LogP contribution < -0.4 is 10.4 Å². The summed E-state index contributed by atoms with van der Waals surface area (Å²) in [4.78, 5) is 13.0. The largest absolute Gasteiger partial charge is 0.294 e. The van der Waals surface area contributed by atoms with Crippen LogP contribution in [0.5, 0.6) is 0 Å². The zero-order valence-electron chi connectivity index (χ0n) is 17.6. The maximum absolute atomic E-state index is 13.0. The highest BCUT2D eigenvalue weighted by molar-refractivity contribution is 7.04. The summed E-state index contributed by atoms with van der Waals surface area (Å²) in [5.74, 6) is 0.988. The molecule has 1 nitrogen and oxygen atoms in total. The highest BCUT2D eigenvalue weighted by atomic mass is 28.3. The van der Waals surface area contributed by atoms with E-state index in [0.717, 1.165) is 18.0 Å². The minimum atomic E-state index is -2.09. The normalized spacial score (nSPS) is 19.0. The lowest BCUT2D eigenvalue weighted by Gasteiger charge is -2.44. The Balaban J connectivity index is 1.72. The van der Waals surface area contributed by atoms with Gasteiger partial charge in [-0.15, -0.1) is 0 Å². The lowest BCUT2D eigenvalue weighted by atomic mass is 10.1. The van der Waals surface area contributed by atoms with E-state index >= 15 is 0 Å². The summed E-state index contributed by atoms with van der Waals surface area (Å²) in [6.07, 6.45) is 1.03. The molecule has 1 aliphatic carbocycles. The Bertz CT molecular complexity index is 918. The predicted octanol–water partition coefficient (Wildman–Crippen LogP) is 5.57. The molecule has 3 aromatic carbocycles. The Morgan fingerprint density at radius 3 is 1.69 bits per heavy atom. The maximum atomic E-state index is 13.0. The number of hydrogen-bond acceptors (Lipinski definition) is 1. The SMILES string of the molecule is CC(C)(C)[Si](C[C@@H]1C[C@@H]1C(=O)c1ccccc1)(c1ccccc1)c1ccccc1. The zero-order valence-corrected chi connectivity index (χ0v) is 18.6. The fourth-order valence-corrected chi connectivity index (χ4v) is 10.9. The number of benzene rings is 3. The molecule has 1 saturated carbocycles. The van der Waals surface area contributed by atoms with E-state index in [9.17, 15) is 4.79 Å². The number of ketones is 1. The molecular weight excluding hydrogens is 368 g/mol. The molecule has 0 heterocycles. The Morgan fingerprint density at radius 1 is 0.793 bits per heavy atom. The Labute approximate surface area is 175 Å². The van der Waals surface area contributed by atoms with Crippen molar-refractivity contribution in [2.75, 3.05) is 0 Å². The highest BCUT2D eigenvalue weighted by Gasteiger charge is 2.54. The van der Waals surface area contributed by atoms with Gasteiger partial charge in [0.1, 0.15) is 8.07 Å². The Morgan fingerprint density at radius 2 is 1.24 bits per heavy atom. The molecule has 0 aromatic heterocycles. The van der Waals surface area contributed by atoms with Crippen molar-refractivity contribution in [1.82, 2.24) is 0 Å². The molecule has 4 rings (SSSR count). The third-order valence-electron chi connectivity index (χ3n) is 6.70. The quantitative estimate of drug-likeness (QED) is 0.392. The lowest BCUT2D eigenvalue weighted by molar-refractivity contribution is 0.0962. The van der Waals surface area contributed by atoms with Crippen LogP contribution in [0, 0.1) is 11.8 Å². The first kappa shape index (κ1) is 19.8. The number of carbonyl (C=O) groups excluding carboxylic acids is 1. The van der Waals surface area contributed by atoms with Crippen molar-refractivity contribution in [2.45, 2.75) is 38.3 Å². The van der Waals surface area contributed by atoms with Crippen LogP contribution in [0.3, 0.4) is 0 Å². The van der Waals surface area contributed by atoms with Crippen molar-refractivity contribution in [2.24, 2.45) is 11.8 Å². The summed E-state index contributed by atoms with van der Waals surface area (Å²) in [6, 6.07) is 33.1. The van der Waals surface area contributed by atoms with Crippen molar-refractivity contribution in [3.63, 3.8) is 0 Å². The highest BCUT2D eigenvalue weighted by Crippen LogP contribution is 2.51. The van der Waals surface area contributed by atoms with Crippen molar-refractivity contribution < 1.29 is 4.79 Å². The minimum Gasteiger partial charge on any atom is -0.294 e. The van der Waals surface area contributed by atoms with Gasteiger partial charge in [0.05, 0.1) is 0 Å². The average Bonchev–Trinajstić information content (AvgIpc) is 3.51. The van der Waals surface area contributed by atoms with Crippen molar-refractivity contribution in [1.29, 1.82) is 0 Å². The first-order valence-electron chi connectivity index (χ1n) is 10.6. The van der Waals surface area contributed by atoms with Gasteiger partial charge in [-0.3, -0.25) is 4.79 Å². The fraction of sp³-hybridized carbons (Fsp3) is 0.296. The molecule has 0 N–H and O–H groups in total. The molecule has 1 fully saturated rings. The van der Waals surface area contributed by atoms with Crippen LogP contribution >= 0.6 is 0 Å². The molecule has 2 heteroatoms. The number of hydrogen-bond donors (Lipinski definition) is 0. The first-order chi connectivity index (χ1) is 13.9. The van der Waals surface area contributed by atoms with E-state index in [4.69, 9.17) is 0 Å². The van der Waals surface area contributed by atoms with Crippen LogP contribution in [-0.2, 0) is 0 Å². The predicted molar refractivity (Wildman–Crippen MR) is 125 cm³/mol. The topological polar surface area (TPSA) is 17.1 Å². The molecule has 1 aliphatic rings. The van der Waals surface area contributed by atoms with Crippen LogP contribution in [0.1, 0.15) is 37.6 Å². The van der Waals surface area contributed by atoms with E-state index in [1.165, 1.54) is 10.4 Å². The third-order valence-corrected chi connectivity index (χ3v) is 13.0. The van der Waals surface area contributed by atoms with Gasteiger partial charge in [-0.2, -0.15) is 0 Å². The molecule has 29 heavy (non-hydrogen) atoms. The summed E-state index contributed by atoms with van der Waals surface area (Å²) >= 11 is 0. The van der Waals surface area contributed by atoms with Crippen LogP contribution in [0.4, 0.5) is 0 Å². The zero-order chi connectivity index (χ0) is 20.5. The molecule has 3 aromatic rings. The van der Waals surface area contributed by atoms with Gasteiger partial charge in [0.2, 0.25) is 0 Å². The lowest BCUT2D eigenvalue weighted by Crippen LogP contribution is -2.64. The molecule has 0 amide bonds. The van der Waals surface area contributed by atoms with Gasteiger partial charge in [0.25, 0.3) is 0 Å². The van der Waals surface area contributed by atoms with Crippen LogP contribution in [0.2, 0.25) is 11.1 Å². The molecule has 0 radical (unpaired) electrons. The van der Waals surface area contributed by atoms with Gasteiger partial charge >= 0.3 is 0 Å². The van der Waals surface area contributed by atoms with E-state index in [0.29, 0.717) is 11.7 Å². The molecule has 0 bridgehead atoms. The Hall–Kier alpha value is -2.45. The van der Waals surface area contributed by atoms with Gasteiger partial charge in [-0.25, -0.2) is 0 Å². The second-order valence-electron chi connectivity index (χ2n) is 9.42. The minimum absolute atomic E-state index is 0.151. The summed E-state index contributed by atoms with van der Waals surface area (Å²) in [5.41, 5.74) is 0.863. The first-order valence-corrected chi connectivity index (χ1v) is 12.8. The maximum Gasteiger partial charge on any atom is 0.166 e. The second kappa shape index (κ2) is 7.76. The molecule has 0 saturated heterocycles. The summed E-state index contributed by atoms with van der Waals surface area (Å²) in [7, 11) is -2.09. The monoisotopic (exact) mass is 398 g/mol. The van der Waals surface area contributed by atoms with Crippen molar-refractivity contribution in [3.8, 4) is 0 Å². The van der Waals surface area contributed by atoms with Gasteiger partial charge in [-0.05, 0) is 23.4 Å². The summed E-state index contributed by atoms with van der Waals surface area (Å²) in [6.45, 7) is 7.20. The average molecular weight is 399 g/mol. The van der Waals surface area contributed by atoms with E-state index in [2.05, 4.69) is 81.4 Å². The standard InChI is InChI=1S/C27H30OSi/c1-27(2,3)29(23-15-9-5-10-16-23,24-17-11-6-12-18-24)20-22-19-25(22)26(28)21-13-7-4-8-14-21/h4-18,22,25H,19-20H2,1-3H3/t22-,25-/m0/s1. The molecular formula is C27H30OSi. The van der Waals surface area contributed by atoms with E-state index in [1.54, 1.807) is 0 Å². The molecule has 0 unspecified atom stereocenters. The summed E-state index contributed by atoms with van der Waals surface area (Å²) in [5, 5.41) is 3.12. The third kappa shape index (κ3) is 3.74. The van der Waals surface area contributed by atoms with Gasteiger partial charge < -0.3 is 0 Å². The smallest absolute Gasteiger partial charge is 0.166 e. The van der Waals surface area contributed by atoms with Crippen molar-refractivity contribution in [3.05, 3.63) is 96.6 Å². The fourth-order valence-electron chi connectivity index (χ4n) is 5.02. The molecule has 0 spiro atoms. The van der Waals surface area contributed by atoms with E-state index in [-0.39, 0.29) is 11.0 Å². The molecule has 0 aliphatic heterocycles. The van der Waals surface area contributed by atoms with Crippen molar-refractivity contribution >= 4 is 24.2 Å². The second-order valence-corrected chi connectivity index (χ2v) is 14.3. The number of Topliss-reactive ketones (excluding diaryl/α,β-unsaturated/α-hetero) is 1. The van der Waals surface area contributed by atoms with Crippen LogP contribution in [0.25, 0.3) is 0 Å². The van der Waals surface area contributed by atoms with Gasteiger partial charge in [0.15, 0.2) is 5.78 Å². The Kier molecular flexibility index (Phi) is 5.31.